The van der Waals surface area contributed by atoms with Gasteiger partial charge in [-0.1, -0.05) is 6.07 Å². The minimum atomic E-state index is -0.302. The second kappa shape index (κ2) is 7.61. The number of nitrogens with one attached hydrogen (secondary N) is 2. The molecule has 138 valence electrons. The Hall–Kier alpha value is -3.15. The van der Waals surface area contributed by atoms with Gasteiger partial charge in [-0.3, -0.25) is 0 Å². The second-order valence-corrected chi connectivity index (χ2v) is 6.72. The van der Waals surface area contributed by atoms with Crippen molar-refractivity contribution in [1.82, 2.24) is 9.97 Å². The Morgan fingerprint density at radius 2 is 1.67 bits per heavy atom. The first-order valence-electron chi connectivity index (χ1n) is 9.16. The molecule has 1 aliphatic heterocycles. The summed E-state index contributed by atoms with van der Waals surface area (Å²) in [7, 11) is 0. The molecule has 1 saturated heterocycles. The highest BCUT2D eigenvalue weighted by Crippen LogP contribution is 2.24. The van der Waals surface area contributed by atoms with Gasteiger partial charge in [0.2, 0.25) is 5.95 Å². The molecule has 1 aliphatic rings. The lowest BCUT2D eigenvalue weighted by atomic mass is 10.2. The van der Waals surface area contributed by atoms with Gasteiger partial charge >= 0.3 is 0 Å². The summed E-state index contributed by atoms with van der Waals surface area (Å²) in [4.78, 5) is 11.3. The zero-order valence-corrected chi connectivity index (χ0v) is 15.2. The molecule has 0 radical (unpaired) electrons. The normalized spacial score (nSPS) is 13.6. The minimum absolute atomic E-state index is 0.302. The largest absolute Gasteiger partial charge is 0.372 e. The number of aryl methyl sites for hydroxylation is 1. The molecule has 0 unspecified atom stereocenters. The molecule has 2 heterocycles. The van der Waals surface area contributed by atoms with Gasteiger partial charge < -0.3 is 15.5 Å². The first-order chi connectivity index (χ1) is 13.2. The van der Waals surface area contributed by atoms with Crippen molar-refractivity contribution in [2.24, 2.45) is 0 Å². The van der Waals surface area contributed by atoms with E-state index in [-0.39, 0.29) is 5.82 Å². The van der Waals surface area contributed by atoms with Crippen LogP contribution in [0.1, 0.15) is 18.5 Å². The number of aromatic nitrogens is 2. The summed E-state index contributed by atoms with van der Waals surface area (Å²) in [5.74, 6) is 0.816. The average Bonchev–Trinajstić information content (AvgIpc) is 3.16. The molecule has 0 amide bonds. The number of halogens is 1. The van der Waals surface area contributed by atoms with Crippen LogP contribution in [0.5, 0.6) is 0 Å². The fraction of sp³-hybridized carbons (Fsp3) is 0.238. The van der Waals surface area contributed by atoms with Gasteiger partial charge in [0.15, 0.2) is 0 Å². The molecule has 1 fully saturated rings. The molecule has 2 N–H and O–H groups in total. The molecule has 0 atom stereocenters. The molecule has 0 bridgehead atoms. The standard InChI is InChI=1S/C21H22FN5/c1-15-13-20(26-21(23-15)25-18-6-4-5-16(22)14-18)24-17-7-9-19(10-8-17)27-11-2-3-12-27/h4-10,13-14H,2-3,11-12H2,1H3,(H2,23,24,25,26). The van der Waals surface area contributed by atoms with Crippen LogP contribution < -0.4 is 15.5 Å². The van der Waals surface area contributed by atoms with Gasteiger partial charge in [0.25, 0.3) is 0 Å². The Bertz CT molecular complexity index is 920. The van der Waals surface area contributed by atoms with Crippen LogP contribution >= 0.6 is 0 Å². The van der Waals surface area contributed by atoms with Crippen LogP contribution in [0.15, 0.2) is 54.6 Å². The average molecular weight is 363 g/mol. The Morgan fingerprint density at radius 3 is 2.41 bits per heavy atom. The van der Waals surface area contributed by atoms with E-state index in [2.05, 4.69) is 49.8 Å². The molecule has 0 aliphatic carbocycles. The molecule has 4 rings (SSSR count). The number of anilines is 5. The molecule has 2 aromatic carbocycles. The number of rotatable bonds is 5. The first kappa shape index (κ1) is 17.3. The van der Waals surface area contributed by atoms with Crippen molar-refractivity contribution in [1.29, 1.82) is 0 Å². The van der Waals surface area contributed by atoms with E-state index >= 15 is 0 Å². The van der Waals surface area contributed by atoms with E-state index in [9.17, 15) is 4.39 Å². The Labute approximate surface area is 158 Å². The zero-order valence-electron chi connectivity index (χ0n) is 15.2. The van der Waals surface area contributed by atoms with E-state index in [4.69, 9.17) is 0 Å². The van der Waals surface area contributed by atoms with Crippen LogP contribution in [0.3, 0.4) is 0 Å². The van der Waals surface area contributed by atoms with E-state index in [1.165, 1.54) is 30.7 Å². The Morgan fingerprint density at radius 1 is 0.889 bits per heavy atom. The molecule has 3 aromatic rings. The lowest BCUT2D eigenvalue weighted by Crippen LogP contribution is -2.17. The molecule has 0 saturated carbocycles. The van der Waals surface area contributed by atoms with Gasteiger partial charge in [-0.15, -0.1) is 0 Å². The van der Waals surface area contributed by atoms with Crippen molar-refractivity contribution in [3.8, 4) is 0 Å². The van der Waals surface area contributed by atoms with E-state index in [0.717, 1.165) is 24.5 Å². The topological polar surface area (TPSA) is 53.1 Å². The summed E-state index contributed by atoms with van der Waals surface area (Å²) in [6.07, 6.45) is 2.53. The SMILES string of the molecule is Cc1cc(Nc2ccc(N3CCCC3)cc2)nc(Nc2cccc(F)c2)n1. The van der Waals surface area contributed by atoms with Gasteiger partial charge in [0.05, 0.1) is 0 Å². The van der Waals surface area contributed by atoms with Gasteiger partial charge in [-0.2, -0.15) is 4.98 Å². The summed E-state index contributed by atoms with van der Waals surface area (Å²) in [5.41, 5.74) is 3.65. The van der Waals surface area contributed by atoms with Crippen molar-refractivity contribution in [2.75, 3.05) is 28.6 Å². The molecule has 0 spiro atoms. The van der Waals surface area contributed by atoms with Crippen molar-refractivity contribution in [2.45, 2.75) is 19.8 Å². The molecule has 1 aromatic heterocycles. The highest BCUT2D eigenvalue weighted by Gasteiger charge is 2.12. The molecular weight excluding hydrogens is 341 g/mol. The number of nitrogens with zero attached hydrogens (tertiary/aromatic N) is 3. The summed E-state index contributed by atoms with van der Waals surface area (Å²) >= 11 is 0. The quantitative estimate of drug-likeness (QED) is 0.667. The molecule has 5 nitrogen and oxygen atoms in total. The van der Waals surface area contributed by atoms with E-state index in [0.29, 0.717) is 17.5 Å². The number of benzene rings is 2. The highest BCUT2D eigenvalue weighted by atomic mass is 19.1. The second-order valence-electron chi connectivity index (χ2n) is 6.72. The fourth-order valence-electron chi connectivity index (χ4n) is 3.26. The lowest BCUT2D eigenvalue weighted by molar-refractivity contribution is 0.628. The maximum absolute atomic E-state index is 13.4. The van der Waals surface area contributed by atoms with E-state index in [1.807, 2.05) is 13.0 Å². The van der Waals surface area contributed by atoms with Gasteiger partial charge in [0.1, 0.15) is 11.6 Å². The molecular formula is C21H22FN5. The third-order valence-corrected chi connectivity index (χ3v) is 4.55. The summed E-state index contributed by atoms with van der Waals surface area (Å²) in [5, 5.41) is 6.37. The van der Waals surface area contributed by atoms with Crippen LogP contribution in [-0.4, -0.2) is 23.1 Å². The van der Waals surface area contributed by atoms with Crippen LogP contribution in [0.4, 0.5) is 33.2 Å². The highest BCUT2D eigenvalue weighted by molar-refractivity contribution is 5.63. The third kappa shape index (κ3) is 4.34. The predicted octanol–water partition coefficient (Wildman–Crippen LogP) is 5.01. The van der Waals surface area contributed by atoms with Gasteiger partial charge in [-0.05, 0) is 62.2 Å². The van der Waals surface area contributed by atoms with Crippen LogP contribution in [0, 0.1) is 12.7 Å². The van der Waals surface area contributed by atoms with Crippen molar-refractivity contribution in [3.63, 3.8) is 0 Å². The van der Waals surface area contributed by atoms with Crippen LogP contribution in [0.25, 0.3) is 0 Å². The smallest absolute Gasteiger partial charge is 0.229 e. The lowest BCUT2D eigenvalue weighted by Gasteiger charge is -2.18. The number of hydrogen-bond acceptors (Lipinski definition) is 5. The fourth-order valence-corrected chi connectivity index (χ4v) is 3.26. The summed E-state index contributed by atoms with van der Waals surface area (Å²) < 4.78 is 13.4. The van der Waals surface area contributed by atoms with Crippen molar-refractivity contribution < 1.29 is 4.39 Å². The predicted molar refractivity (Wildman–Crippen MR) is 108 cm³/mol. The maximum Gasteiger partial charge on any atom is 0.229 e. The Balaban J connectivity index is 1.49. The Kier molecular flexibility index (Phi) is 4.87. The van der Waals surface area contributed by atoms with E-state index < -0.39 is 0 Å². The monoisotopic (exact) mass is 363 g/mol. The van der Waals surface area contributed by atoms with E-state index in [1.54, 1.807) is 12.1 Å². The van der Waals surface area contributed by atoms with Crippen molar-refractivity contribution in [3.05, 3.63) is 66.1 Å². The first-order valence-corrected chi connectivity index (χ1v) is 9.16. The van der Waals surface area contributed by atoms with Gasteiger partial charge in [0, 0.05) is 41.9 Å². The molecule has 27 heavy (non-hydrogen) atoms. The van der Waals surface area contributed by atoms with Crippen LogP contribution in [0.2, 0.25) is 0 Å². The third-order valence-electron chi connectivity index (χ3n) is 4.55. The zero-order chi connectivity index (χ0) is 18.6. The van der Waals surface area contributed by atoms with Crippen molar-refractivity contribution >= 4 is 28.8 Å². The van der Waals surface area contributed by atoms with Gasteiger partial charge in [-0.25, -0.2) is 9.37 Å². The number of hydrogen-bond donors (Lipinski definition) is 2. The minimum Gasteiger partial charge on any atom is -0.372 e. The maximum atomic E-state index is 13.4. The summed E-state index contributed by atoms with van der Waals surface area (Å²) in [6, 6.07) is 16.5. The van der Waals surface area contributed by atoms with Crippen LogP contribution in [-0.2, 0) is 0 Å². The summed E-state index contributed by atoms with van der Waals surface area (Å²) in [6.45, 7) is 4.17. The molecule has 6 heteroatoms.